The van der Waals surface area contributed by atoms with E-state index in [0.717, 1.165) is 24.3 Å². The van der Waals surface area contributed by atoms with E-state index < -0.39 is 0 Å². The van der Waals surface area contributed by atoms with Gasteiger partial charge in [0.1, 0.15) is 10.6 Å². The van der Waals surface area contributed by atoms with Crippen molar-refractivity contribution in [1.29, 1.82) is 0 Å². The molecule has 3 heterocycles. The van der Waals surface area contributed by atoms with Crippen molar-refractivity contribution in [1.82, 2.24) is 19.4 Å². The second-order valence-electron chi connectivity index (χ2n) is 6.43. The number of aromatic nitrogens is 2. The van der Waals surface area contributed by atoms with Gasteiger partial charge in [0.05, 0.1) is 18.8 Å². The normalized spacial score (nSPS) is 24.2. The predicted octanol–water partition coefficient (Wildman–Crippen LogP) is 1.67. The quantitative estimate of drug-likeness (QED) is 0.829. The van der Waals surface area contributed by atoms with Crippen LogP contribution in [-0.2, 0) is 4.74 Å². The minimum atomic E-state index is 0.00894. The molecule has 0 unspecified atom stereocenters. The molecule has 2 aliphatic heterocycles. The number of morpholine rings is 1. The summed E-state index contributed by atoms with van der Waals surface area (Å²) in [4.78, 5) is 17.8. The molecule has 2 fully saturated rings. The van der Waals surface area contributed by atoms with Gasteiger partial charge in [0, 0.05) is 25.2 Å². The maximum atomic E-state index is 13.0. The lowest BCUT2D eigenvalue weighted by Gasteiger charge is -2.33. The summed E-state index contributed by atoms with van der Waals surface area (Å²) in [7, 11) is 2.10. The Bertz CT molecular complexity index is 763. The summed E-state index contributed by atoms with van der Waals surface area (Å²) in [5.74, 6) is 0.00894. The van der Waals surface area contributed by atoms with Crippen LogP contribution in [-0.4, -0.2) is 70.7 Å². The highest BCUT2D eigenvalue weighted by Gasteiger charge is 2.41. The van der Waals surface area contributed by atoms with Gasteiger partial charge in [-0.3, -0.25) is 9.69 Å². The highest BCUT2D eigenvalue weighted by Crippen LogP contribution is 2.30. The maximum absolute atomic E-state index is 13.0. The minimum Gasteiger partial charge on any atom is -0.373 e. The van der Waals surface area contributed by atoms with Crippen LogP contribution >= 0.6 is 11.5 Å². The first kappa shape index (κ1) is 15.7. The van der Waals surface area contributed by atoms with Gasteiger partial charge in [-0.2, -0.15) is 0 Å². The summed E-state index contributed by atoms with van der Waals surface area (Å²) >= 11 is 1.18. The molecule has 2 aliphatic rings. The van der Waals surface area contributed by atoms with Crippen LogP contribution in [0.5, 0.6) is 0 Å². The number of hydrogen-bond acceptors (Lipinski definition) is 6. The number of ether oxygens (including phenoxy) is 1. The van der Waals surface area contributed by atoms with Crippen LogP contribution in [0.3, 0.4) is 0 Å². The van der Waals surface area contributed by atoms with Gasteiger partial charge in [0.2, 0.25) is 0 Å². The molecule has 24 heavy (non-hydrogen) atoms. The molecule has 2 atom stereocenters. The van der Waals surface area contributed by atoms with E-state index in [1.54, 1.807) is 0 Å². The third-order valence-electron chi connectivity index (χ3n) is 4.95. The molecule has 0 radical (unpaired) electrons. The van der Waals surface area contributed by atoms with Gasteiger partial charge in [0.15, 0.2) is 0 Å². The van der Waals surface area contributed by atoms with E-state index in [9.17, 15) is 4.79 Å². The number of carbonyl (C=O) groups excluding carboxylic acids is 1. The van der Waals surface area contributed by atoms with E-state index in [1.807, 2.05) is 36.1 Å². The molecule has 1 amide bonds. The Morgan fingerprint density at radius 3 is 2.96 bits per heavy atom. The standard InChI is InChI=1S/C17H20N4O2S/c1-11-5-3-4-6-12(11)15-16(24-19-18-15)17(22)21-9-13-14(10-21)23-8-7-20(13)2/h3-6,13-14H,7-10H2,1-2H3/t13-,14+/m0/s1. The molecule has 126 valence electrons. The van der Waals surface area contributed by atoms with Crippen LogP contribution in [0, 0.1) is 6.92 Å². The van der Waals surface area contributed by atoms with Gasteiger partial charge in [-0.1, -0.05) is 28.8 Å². The van der Waals surface area contributed by atoms with E-state index >= 15 is 0 Å². The van der Waals surface area contributed by atoms with Crippen LogP contribution in [0.1, 0.15) is 15.2 Å². The Labute approximate surface area is 145 Å². The van der Waals surface area contributed by atoms with Crippen LogP contribution in [0.15, 0.2) is 24.3 Å². The fraction of sp³-hybridized carbons (Fsp3) is 0.471. The number of aryl methyl sites for hydroxylation is 1. The van der Waals surface area contributed by atoms with Crippen molar-refractivity contribution in [2.75, 3.05) is 33.3 Å². The van der Waals surface area contributed by atoms with Gasteiger partial charge in [-0.25, -0.2) is 0 Å². The Morgan fingerprint density at radius 2 is 2.17 bits per heavy atom. The highest BCUT2D eigenvalue weighted by atomic mass is 32.1. The van der Waals surface area contributed by atoms with Gasteiger partial charge in [-0.05, 0) is 31.1 Å². The Balaban J connectivity index is 1.61. The van der Waals surface area contributed by atoms with E-state index in [4.69, 9.17) is 4.74 Å². The molecule has 4 rings (SSSR count). The second-order valence-corrected chi connectivity index (χ2v) is 7.19. The van der Waals surface area contributed by atoms with Crippen molar-refractivity contribution in [3.8, 4) is 11.3 Å². The molecule has 0 N–H and O–H groups in total. The van der Waals surface area contributed by atoms with Gasteiger partial charge >= 0.3 is 0 Å². The Morgan fingerprint density at radius 1 is 1.33 bits per heavy atom. The zero-order valence-corrected chi connectivity index (χ0v) is 14.6. The monoisotopic (exact) mass is 344 g/mol. The summed E-state index contributed by atoms with van der Waals surface area (Å²) < 4.78 is 9.88. The van der Waals surface area contributed by atoms with Gasteiger partial charge < -0.3 is 9.64 Å². The molecule has 6 nitrogen and oxygen atoms in total. The molecule has 1 aromatic heterocycles. The second kappa shape index (κ2) is 6.23. The first-order valence-corrected chi connectivity index (χ1v) is 8.92. The predicted molar refractivity (Wildman–Crippen MR) is 92.1 cm³/mol. The average Bonchev–Trinajstić information content (AvgIpc) is 3.22. The molecule has 0 saturated carbocycles. The zero-order chi connectivity index (χ0) is 16.7. The summed E-state index contributed by atoms with van der Waals surface area (Å²) in [6.45, 7) is 5.01. The molecular weight excluding hydrogens is 324 g/mol. The third kappa shape index (κ3) is 2.62. The number of likely N-dealkylation sites (N-methyl/N-ethyl adjacent to an activating group) is 1. The number of benzene rings is 1. The topological polar surface area (TPSA) is 58.6 Å². The zero-order valence-electron chi connectivity index (χ0n) is 13.8. The molecule has 2 saturated heterocycles. The van der Waals surface area contributed by atoms with Crippen molar-refractivity contribution in [3.63, 3.8) is 0 Å². The van der Waals surface area contributed by atoms with Crippen molar-refractivity contribution in [3.05, 3.63) is 34.7 Å². The van der Waals surface area contributed by atoms with Crippen LogP contribution in [0.25, 0.3) is 11.3 Å². The summed E-state index contributed by atoms with van der Waals surface area (Å²) in [5, 5.41) is 4.22. The van der Waals surface area contributed by atoms with E-state index in [0.29, 0.717) is 23.7 Å². The highest BCUT2D eigenvalue weighted by molar-refractivity contribution is 7.08. The van der Waals surface area contributed by atoms with Crippen molar-refractivity contribution in [2.24, 2.45) is 0 Å². The van der Waals surface area contributed by atoms with Crippen LogP contribution in [0.4, 0.5) is 0 Å². The fourth-order valence-electron chi connectivity index (χ4n) is 3.51. The molecule has 0 aliphatic carbocycles. The number of hydrogen-bond donors (Lipinski definition) is 0. The molecular formula is C17H20N4O2S. The molecule has 0 spiro atoms. The van der Waals surface area contributed by atoms with E-state index in [2.05, 4.69) is 21.5 Å². The largest absolute Gasteiger partial charge is 0.373 e. The van der Waals surface area contributed by atoms with E-state index in [-0.39, 0.29) is 18.1 Å². The van der Waals surface area contributed by atoms with Gasteiger partial charge in [0.25, 0.3) is 5.91 Å². The van der Waals surface area contributed by atoms with Crippen molar-refractivity contribution >= 4 is 17.4 Å². The minimum absolute atomic E-state index is 0.00894. The van der Waals surface area contributed by atoms with Crippen LogP contribution in [0.2, 0.25) is 0 Å². The number of likely N-dealkylation sites (tertiary alicyclic amines) is 1. The number of nitrogens with zero attached hydrogens (tertiary/aromatic N) is 4. The molecule has 0 bridgehead atoms. The van der Waals surface area contributed by atoms with E-state index in [1.165, 1.54) is 11.5 Å². The van der Waals surface area contributed by atoms with Crippen LogP contribution < -0.4 is 0 Å². The number of carbonyl (C=O) groups is 1. The molecule has 7 heteroatoms. The van der Waals surface area contributed by atoms with Crippen molar-refractivity contribution in [2.45, 2.75) is 19.1 Å². The fourth-order valence-corrected chi connectivity index (χ4v) is 4.16. The molecule has 1 aromatic carbocycles. The average molecular weight is 344 g/mol. The lowest BCUT2D eigenvalue weighted by Crippen LogP contribution is -2.48. The first-order chi connectivity index (χ1) is 11.6. The molecule has 2 aromatic rings. The summed E-state index contributed by atoms with van der Waals surface area (Å²) in [5.41, 5.74) is 2.75. The lowest BCUT2D eigenvalue weighted by atomic mass is 10.1. The van der Waals surface area contributed by atoms with Crippen molar-refractivity contribution < 1.29 is 9.53 Å². The summed E-state index contributed by atoms with van der Waals surface area (Å²) in [6, 6.07) is 8.24. The smallest absolute Gasteiger partial charge is 0.268 e. The number of rotatable bonds is 2. The van der Waals surface area contributed by atoms with Gasteiger partial charge in [-0.15, -0.1) is 5.10 Å². The number of amides is 1. The Kier molecular flexibility index (Phi) is 4.07. The maximum Gasteiger partial charge on any atom is 0.268 e. The first-order valence-electron chi connectivity index (χ1n) is 8.14. The number of fused-ring (bicyclic) bond motifs is 1. The Hall–Kier alpha value is -1.83. The lowest BCUT2D eigenvalue weighted by molar-refractivity contribution is -0.0368. The SMILES string of the molecule is Cc1ccccc1-c1nnsc1C(=O)N1C[C@H]2OCCN(C)[C@H]2C1. The third-order valence-corrected chi connectivity index (χ3v) is 5.66. The summed E-state index contributed by atoms with van der Waals surface area (Å²) in [6.07, 6.45) is 0.107.